The number of carboxylic acid groups (broad SMARTS) is 1. The highest BCUT2D eigenvalue weighted by atomic mass is 32.2. The van der Waals surface area contributed by atoms with E-state index >= 15 is 0 Å². The number of rotatable bonds is 14. The second-order valence-electron chi connectivity index (χ2n) is 6.93. The fraction of sp³-hybridized carbons (Fsp3) is 0.765. The molecule has 0 aromatic carbocycles. The van der Waals surface area contributed by atoms with Gasteiger partial charge in [0.15, 0.2) is 5.96 Å². The molecule has 0 bridgehead atoms. The van der Waals surface area contributed by atoms with Gasteiger partial charge in [0.1, 0.15) is 12.1 Å². The lowest BCUT2D eigenvalue weighted by Gasteiger charge is -2.23. The topological polar surface area (TPSA) is 186 Å². The van der Waals surface area contributed by atoms with Crippen LogP contribution >= 0.6 is 11.8 Å². The fourth-order valence-electron chi connectivity index (χ4n) is 2.40. The van der Waals surface area contributed by atoms with Gasteiger partial charge in [-0.3, -0.25) is 14.6 Å². The number of hydrogen-bond donors (Lipinski definition) is 6. The van der Waals surface area contributed by atoms with E-state index in [-0.39, 0.29) is 11.9 Å². The first kappa shape index (κ1) is 26.0. The molecule has 0 saturated heterocycles. The first-order valence-corrected chi connectivity index (χ1v) is 10.6. The van der Waals surface area contributed by atoms with Crippen LogP contribution in [0, 0.1) is 5.92 Å². The molecular formula is C17H34N6O4S. The summed E-state index contributed by atoms with van der Waals surface area (Å²) in [6.45, 7) is 4.10. The van der Waals surface area contributed by atoms with E-state index < -0.39 is 35.9 Å². The molecule has 0 aliphatic heterocycles. The van der Waals surface area contributed by atoms with Crippen molar-refractivity contribution < 1.29 is 19.5 Å². The summed E-state index contributed by atoms with van der Waals surface area (Å²) >= 11 is 1.52. The summed E-state index contributed by atoms with van der Waals surface area (Å²) in [5.41, 5.74) is 16.3. The average Bonchev–Trinajstić information content (AvgIpc) is 2.60. The van der Waals surface area contributed by atoms with E-state index in [1.165, 1.54) is 11.8 Å². The Bertz CT molecular complexity index is 540. The molecule has 9 N–H and O–H groups in total. The Hall–Kier alpha value is -2.01. The van der Waals surface area contributed by atoms with Gasteiger partial charge in [0.05, 0.1) is 6.04 Å². The third-order valence-corrected chi connectivity index (χ3v) is 4.51. The third kappa shape index (κ3) is 11.7. The van der Waals surface area contributed by atoms with Crippen LogP contribution in [-0.2, 0) is 14.4 Å². The van der Waals surface area contributed by atoms with Gasteiger partial charge in [0.2, 0.25) is 11.8 Å². The number of aliphatic imine (C=N–C) groups is 1. The largest absolute Gasteiger partial charge is 0.480 e. The Balaban J connectivity index is 4.85. The third-order valence-electron chi connectivity index (χ3n) is 3.87. The van der Waals surface area contributed by atoms with Gasteiger partial charge in [-0.15, -0.1) is 0 Å². The number of nitrogens with zero attached hydrogens (tertiary/aromatic N) is 1. The van der Waals surface area contributed by atoms with Crippen LogP contribution in [0.5, 0.6) is 0 Å². The van der Waals surface area contributed by atoms with Crippen LogP contribution in [0.3, 0.4) is 0 Å². The van der Waals surface area contributed by atoms with Crippen molar-refractivity contribution in [1.29, 1.82) is 0 Å². The van der Waals surface area contributed by atoms with E-state index in [0.29, 0.717) is 38.0 Å². The summed E-state index contributed by atoms with van der Waals surface area (Å²) in [4.78, 5) is 40.1. The number of carbonyl (C=O) groups excluding carboxylic acids is 2. The van der Waals surface area contributed by atoms with Gasteiger partial charge in [0, 0.05) is 6.54 Å². The minimum Gasteiger partial charge on any atom is -0.480 e. The van der Waals surface area contributed by atoms with Gasteiger partial charge in [-0.1, -0.05) is 13.8 Å². The smallest absolute Gasteiger partial charge is 0.326 e. The fourth-order valence-corrected chi connectivity index (χ4v) is 2.87. The van der Waals surface area contributed by atoms with Crippen molar-refractivity contribution in [2.75, 3.05) is 18.6 Å². The van der Waals surface area contributed by atoms with Crippen LogP contribution < -0.4 is 27.8 Å². The van der Waals surface area contributed by atoms with E-state index in [0.717, 1.165) is 0 Å². The molecule has 0 heterocycles. The molecule has 3 unspecified atom stereocenters. The molecule has 3 atom stereocenters. The summed E-state index contributed by atoms with van der Waals surface area (Å²) in [7, 11) is 0. The molecule has 0 radical (unpaired) electrons. The standard InChI is InChI=1S/C17H34N6O4S/c1-10(2)9-13(16(26)27)23-15(25)12(6-8-28-3)22-14(24)11(18)5-4-7-21-17(19)20/h10-13H,4-9,18H2,1-3H3,(H,22,24)(H,23,25)(H,26,27)(H4,19,20,21). The lowest BCUT2D eigenvalue weighted by Crippen LogP contribution is -2.54. The van der Waals surface area contributed by atoms with Crippen LogP contribution in [0.1, 0.15) is 39.5 Å². The van der Waals surface area contributed by atoms with Crippen molar-refractivity contribution in [3.05, 3.63) is 0 Å². The van der Waals surface area contributed by atoms with Crippen LogP contribution in [0.15, 0.2) is 4.99 Å². The van der Waals surface area contributed by atoms with Crippen LogP contribution in [-0.4, -0.2) is 65.5 Å². The second-order valence-corrected chi connectivity index (χ2v) is 7.91. The normalized spacial score (nSPS) is 14.0. The molecule has 0 spiro atoms. The predicted molar refractivity (Wildman–Crippen MR) is 112 cm³/mol. The highest BCUT2D eigenvalue weighted by Crippen LogP contribution is 2.07. The zero-order valence-electron chi connectivity index (χ0n) is 16.8. The van der Waals surface area contributed by atoms with Crippen molar-refractivity contribution in [3.63, 3.8) is 0 Å². The Morgan fingerprint density at radius 3 is 2.18 bits per heavy atom. The van der Waals surface area contributed by atoms with E-state index in [1.54, 1.807) is 0 Å². The number of nitrogens with two attached hydrogens (primary N) is 3. The Kier molecular flexibility index (Phi) is 13.0. The first-order chi connectivity index (χ1) is 13.1. The molecule has 0 aromatic heterocycles. The molecule has 0 aliphatic carbocycles. The monoisotopic (exact) mass is 418 g/mol. The van der Waals surface area contributed by atoms with E-state index in [1.807, 2.05) is 20.1 Å². The highest BCUT2D eigenvalue weighted by Gasteiger charge is 2.28. The molecule has 2 amide bonds. The highest BCUT2D eigenvalue weighted by molar-refractivity contribution is 7.98. The van der Waals surface area contributed by atoms with Crippen LogP contribution in [0.25, 0.3) is 0 Å². The molecule has 0 saturated carbocycles. The average molecular weight is 419 g/mol. The Labute approximate surface area is 170 Å². The van der Waals surface area contributed by atoms with Gasteiger partial charge in [-0.05, 0) is 43.6 Å². The van der Waals surface area contributed by atoms with E-state index in [4.69, 9.17) is 17.2 Å². The maximum Gasteiger partial charge on any atom is 0.326 e. The number of aliphatic carboxylic acids is 1. The van der Waals surface area contributed by atoms with Gasteiger partial charge in [-0.2, -0.15) is 11.8 Å². The molecule has 0 rings (SSSR count). The maximum atomic E-state index is 12.6. The lowest BCUT2D eigenvalue weighted by atomic mass is 10.0. The minimum atomic E-state index is -1.10. The molecule has 0 fully saturated rings. The molecule has 162 valence electrons. The minimum absolute atomic E-state index is 0.0267. The summed E-state index contributed by atoms with van der Waals surface area (Å²) in [6.07, 6.45) is 3.42. The Morgan fingerprint density at radius 1 is 1.07 bits per heavy atom. The Morgan fingerprint density at radius 2 is 1.68 bits per heavy atom. The number of carbonyl (C=O) groups is 3. The predicted octanol–water partition coefficient (Wildman–Crippen LogP) is -0.779. The van der Waals surface area contributed by atoms with Gasteiger partial charge in [0.25, 0.3) is 0 Å². The van der Waals surface area contributed by atoms with Crippen molar-refractivity contribution in [3.8, 4) is 0 Å². The molecular weight excluding hydrogens is 384 g/mol. The number of nitrogens with one attached hydrogen (secondary N) is 2. The molecule has 11 heteroatoms. The van der Waals surface area contributed by atoms with E-state index in [9.17, 15) is 19.5 Å². The zero-order chi connectivity index (χ0) is 21.7. The summed E-state index contributed by atoms with van der Waals surface area (Å²) < 4.78 is 0. The molecule has 28 heavy (non-hydrogen) atoms. The van der Waals surface area contributed by atoms with Gasteiger partial charge < -0.3 is 32.9 Å². The van der Waals surface area contributed by atoms with Crippen LogP contribution in [0.2, 0.25) is 0 Å². The van der Waals surface area contributed by atoms with Gasteiger partial charge in [-0.25, -0.2) is 4.79 Å². The van der Waals surface area contributed by atoms with E-state index in [2.05, 4.69) is 15.6 Å². The molecule has 10 nitrogen and oxygen atoms in total. The first-order valence-electron chi connectivity index (χ1n) is 9.21. The maximum absolute atomic E-state index is 12.6. The lowest BCUT2D eigenvalue weighted by molar-refractivity contribution is -0.142. The number of carboxylic acids is 1. The number of thioether (sulfide) groups is 1. The second kappa shape index (κ2) is 14.1. The number of guanidine groups is 1. The molecule has 0 aliphatic rings. The quantitative estimate of drug-likeness (QED) is 0.120. The van der Waals surface area contributed by atoms with Crippen molar-refractivity contribution in [1.82, 2.24) is 10.6 Å². The SMILES string of the molecule is CSCCC(NC(=O)C(N)CCCN=C(N)N)C(=O)NC(CC(C)C)C(=O)O. The van der Waals surface area contributed by atoms with Crippen molar-refractivity contribution in [2.45, 2.75) is 57.7 Å². The van der Waals surface area contributed by atoms with Gasteiger partial charge >= 0.3 is 5.97 Å². The van der Waals surface area contributed by atoms with Crippen molar-refractivity contribution in [2.24, 2.45) is 28.1 Å². The zero-order valence-corrected chi connectivity index (χ0v) is 17.6. The summed E-state index contributed by atoms with van der Waals surface area (Å²) in [5, 5.41) is 14.5. The summed E-state index contributed by atoms with van der Waals surface area (Å²) in [6, 6.07) is -2.67. The number of amides is 2. The summed E-state index contributed by atoms with van der Waals surface area (Å²) in [5.74, 6) is -1.40. The van der Waals surface area contributed by atoms with Crippen LogP contribution in [0.4, 0.5) is 0 Å². The van der Waals surface area contributed by atoms with Crippen molar-refractivity contribution >= 4 is 35.5 Å². The number of hydrogen-bond acceptors (Lipinski definition) is 6. The molecule has 0 aromatic rings.